The third-order valence-corrected chi connectivity index (χ3v) is 4.72. The van der Waals surface area contributed by atoms with Crippen molar-refractivity contribution in [3.8, 4) is 10.6 Å². The molecule has 9 nitrogen and oxygen atoms in total. The molecule has 0 unspecified atom stereocenters. The summed E-state index contributed by atoms with van der Waals surface area (Å²) in [5, 5.41) is 9.06. The lowest BCUT2D eigenvalue weighted by Crippen LogP contribution is -2.38. The van der Waals surface area contributed by atoms with Crippen molar-refractivity contribution >= 4 is 23.3 Å². The normalized spacial score (nSPS) is 15.2. The smallest absolute Gasteiger partial charge is 0.342 e. The lowest BCUT2D eigenvalue weighted by Gasteiger charge is -2.26. The first-order chi connectivity index (χ1) is 12.1. The summed E-state index contributed by atoms with van der Waals surface area (Å²) in [7, 11) is 0. The van der Waals surface area contributed by atoms with E-state index >= 15 is 0 Å². The van der Waals surface area contributed by atoms with Crippen LogP contribution in [0.1, 0.15) is 16.9 Å². The second-order valence-corrected chi connectivity index (χ2v) is 6.47. The highest BCUT2D eigenvalue weighted by atomic mass is 32.1. The van der Waals surface area contributed by atoms with Crippen LogP contribution in [0.5, 0.6) is 0 Å². The number of hydrogen-bond acceptors (Lipinski definition) is 7. The van der Waals surface area contributed by atoms with Crippen molar-refractivity contribution < 1.29 is 14.3 Å². The Hall–Kier alpha value is -2.30. The van der Waals surface area contributed by atoms with Gasteiger partial charge in [-0.3, -0.25) is 9.69 Å². The first-order valence-corrected chi connectivity index (χ1v) is 8.90. The van der Waals surface area contributed by atoms with Crippen LogP contribution in [-0.2, 0) is 4.74 Å². The van der Waals surface area contributed by atoms with Gasteiger partial charge in [-0.25, -0.2) is 9.78 Å². The molecule has 1 saturated heterocycles. The zero-order valence-corrected chi connectivity index (χ0v) is 14.5. The molecule has 0 saturated carbocycles. The van der Waals surface area contributed by atoms with Crippen LogP contribution in [0.25, 0.3) is 10.6 Å². The van der Waals surface area contributed by atoms with Crippen LogP contribution in [-0.4, -0.2) is 71.0 Å². The van der Waals surface area contributed by atoms with Gasteiger partial charge in [0.25, 0.3) is 5.91 Å². The molecule has 0 atom stereocenters. The minimum absolute atomic E-state index is 0.209. The van der Waals surface area contributed by atoms with E-state index in [0.717, 1.165) is 39.3 Å². The topological polar surface area (TPSA) is 115 Å². The minimum Gasteiger partial charge on any atom is -0.379 e. The molecule has 1 fully saturated rings. The van der Waals surface area contributed by atoms with Crippen molar-refractivity contribution in [3.63, 3.8) is 0 Å². The quantitative estimate of drug-likeness (QED) is 0.716. The summed E-state index contributed by atoms with van der Waals surface area (Å²) in [4.78, 5) is 29.7. The number of thiazole rings is 1. The van der Waals surface area contributed by atoms with Crippen molar-refractivity contribution in [2.45, 2.75) is 6.42 Å². The van der Waals surface area contributed by atoms with Gasteiger partial charge in [0.2, 0.25) is 0 Å². The molecule has 3 N–H and O–H groups in total. The van der Waals surface area contributed by atoms with E-state index in [9.17, 15) is 9.59 Å². The Morgan fingerprint density at radius 3 is 2.88 bits per heavy atom. The predicted octanol–water partition coefficient (Wildman–Crippen LogP) is 0.385. The molecule has 1 aliphatic heterocycles. The van der Waals surface area contributed by atoms with Gasteiger partial charge >= 0.3 is 6.03 Å². The summed E-state index contributed by atoms with van der Waals surface area (Å²) in [5.74, 6) is -0.576. The van der Waals surface area contributed by atoms with Crippen molar-refractivity contribution in [2.75, 3.05) is 39.4 Å². The van der Waals surface area contributed by atoms with Gasteiger partial charge in [0.05, 0.1) is 19.4 Å². The average Bonchev–Trinajstić information content (AvgIpc) is 3.28. The predicted molar refractivity (Wildman–Crippen MR) is 92.5 cm³/mol. The van der Waals surface area contributed by atoms with Gasteiger partial charge in [0.1, 0.15) is 10.7 Å². The summed E-state index contributed by atoms with van der Waals surface area (Å²) in [6.07, 6.45) is 3.99. The van der Waals surface area contributed by atoms with E-state index in [1.165, 1.54) is 22.2 Å². The van der Waals surface area contributed by atoms with Crippen molar-refractivity contribution in [2.24, 2.45) is 5.73 Å². The first-order valence-electron chi connectivity index (χ1n) is 8.02. The zero-order chi connectivity index (χ0) is 17.6. The van der Waals surface area contributed by atoms with E-state index in [4.69, 9.17) is 10.5 Å². The van der Waals surface area contributed by atoms with Gasteiger partial charge in [0, 0.05) is 36.8 Å². The Morgan fingerprint density at radius 2 is 2.16 bits per heavy atom. The van der Waals surface area contributed by atoms with Gasteiger partial charge in [0.15, 0.2) is 0 Å². The van der Waals surface area contributed by atoms with E-state index in [-0.39, 0.29) is 11.7 Å². The maximum atomic E-state index is 12.1. The Bertz CT molecular complexity index is 737. The molecule has 134 valence electrons. The largest absolute Gasteiger partial charge is 0.379 e. The maximum absolute atomic E-state index is 12.1. The highest BCUT2D eigenvalue weighted by molar-refractivity contribution is 7.13. The maximum Gasteiger partial charge on any atom is 0.342 e. The number of nitrogens with zero attached hydrogens (tertiary/aromatic N) is 4. The number of carbonyl (C=O) groups is 2. The molecule has 0 radical (unpaired) electrons. The number of ether oxygens (including phenoxy) is 1. The molecule has 10 heteroatoms. The third-order valence-electron chi connectivity index (χ3n) is 3.83. The van der Waals surface area contributed by atoms with Gasteiger partial charge in [-0.05, 0) is 13.0 Å². The van der Waals surface area contributed by atoms with Crippen LogP contribution >= 0.6 is 11.3 Å². The molecule has 1 aliphatic rings. The molecule has 0 spiro atoms. The number of nitrogens with two attached hydrogens (primary N) is 1. The molecule has 25 heavy (non-hydrogen) atoms. The fraction of sp³-hybridized carbons (Fsp3) is 0.467. The molecular weight excluding hydrogens is 344 g/mol. The van der Waals surface area contributed by atoms with Gasteiger partial charge in [-0.2, -0.15) is 9.78 Å². The molecule has 0 aromatic carbocycles. The van der Waals surface area contributed by atoms with Crippen LogP contribution in [0.3, 0.4) is 0 Å². The monoisotopic (exact) mass is 364 g/mol. The fourth-order valence-corrected chi connectivity index (χ4v) is 3.25. The number of carbonyl (C=O) groups excluding carboxylic acids is 2. The van der Waals surface area contributed by atoms with Crippen molar-refractivity contribution in [3.05, 3.63) is 23.5 Å². The molecule has 3 heterocycles. The molecule has 2 aromatic heterocycles. The molecule has 0 aliphatic carbocycles. The van der Waals surface area contributed by atoms with Crippen LogP contribution in [0.15, 0.2) is 17.8 Å². The molecule has 2 amide bonds. The highest BCUT2D eigenvalue weighted by Gasteiger charge is 2.13. The summed E-state index contributed by atoms with van der Waals surface area (Å²) >= 11 is 1.28. The lowest BCUT2D eigenvalue weighted by atomic mass is 10.3. The number of morpholine rings is 1. The number of hydrogen-bond donors (Lipinski definition) is 2. The van der Waals surface area contributed by atoms with Crippen LogP contribution < -0.4 is 11.1 Å². The Morgan fingerprint density at radius 1 is 1.36 bits per heavy atom. The SMILES string of the molecule is NC(=O)c1csc(-c2cnn(C(=O)NCCCN3CCOCC3)c2)n1. The molecule has 0 bridgehead atoms. The Balaban J connectivity index is 1.47. The second-order valence-electron chi connectivity index (χ2n) is 5.62. The fourth-order valence-electron chi connectivity index (χ4n) is 2.47. The summed E-state index contributed by atoms with van der Waals surface area (Å²) < 4.78 is 6.53. The number of nitrogens with one attached hydrogen (secondary N) is 1. The molecular formula is C15H20N6O3S. The van der Waals surface area contributed by atoms with Gasteiger partial charge < -0.3 is 15.8 Å². The second kappa shape index (κ2) is 8.19. The van der Waals surface area contributed by atoms with Crippen molar-refractivity contribution in [1.29, 1.82) is 0 Å². The van der Waals surface area contributed by atoms with E-state index in [0.29, 0.717) is 17.1 Å². The number of rotatable bonds is 6. The van der Waals surface area contributed by atoms with E-state index in [1.807, 2.05) is 0 Å². The Labute approximate surface area is 148 Å². The summed E-state index contributed by atoms with van der Waals surface area (Å²) in [5.41, 5.74) is 6.07. The van der Waals surface area contributed by atoms with Crippen LogP contribution in [0.4, 0.5) is 4.79 Å². The Kier molecular flexibility index (Phi) is 5.74. The molecule has 3 rings (SSSR count). The number of amides is 2. The van der Waals surface area contributed by atoms with Gasteiger partial charge in [-0.1, -0.05) is 0 Å². The minimum atomic E-state index is -0.576. The lowest BCUT2D eigenvalue weighted by molar-refractivity contribution is 0.0375. The standard InChI is InChI=1S/C15H20N6O3S/c16-13(22)12-10-25-14(19-12)11-8-18-21(9-11)15(23)17-2-1-3-20-4-6-24-7-5-20/h8-10H,1-7H2,(H2,16,22)(H,17,23). The van der Waals surface area contributed by atoms with Crippen molar-refractivity contribution in [1.82, 2.24) is 25.0 Å². The highest BCUT2D eigenvalue weighted by Crippen LogP contribution is 2.22. The van der Waals surface area contributed by atoms with E-state index in [2.05, 4.69) is 20.3 Å². The van der Waals surface area contributed by atoms with Crippen LogP contribution in [0, 0.1) is 0 Å². The van der Waals surface area contributed by atoms with Gasteiger partial charge in [-0.15, -0.1) is 11.3 Å². The molecule has 2 aromatic rings. The zero-order valence-electron chi connectivity index (χ0n) is 13.7. The third kappa shape index (κ3) is 4.62. The van der Waals surface area contributed by atoms with E-state index in [1.54, 1.807) is 11.6 Å². The van der Waals surface area contributed by atoms with E-state index < -0.39 is 5.91 Å². The summed E-state index contributed by atoms with van der Waals surface area (Å²) in [6.45, 7) is 4.94. The van der Waals surface area contributed by atoms with Crippen LogP contribution in [0.2, 0.25) is 0 Å². The number of aromatic nitrogens is 3. The average molecular weight is 364 g/mol. The number of primary amides is 1. The first kappa shape index (κ1) is 17.5. The summed E-state index contributed by atoms with van der Waals surface area (Å²) in [6, 6.07) is -0.292.